The lowest BCUT2D eigenvalue weighted by molar-refractivity contribution is 0.306. The summed E-state index contributed by atoms with van der Waals surface area (Å²) in [6.45, 7) is 3.31. The number of ether oxygens (including phenoxy) is 1. The number of aromatic hydroxyl groups is 1. The summed E-state index contributed by atoms with van der Waals surface area (Å²) in [4.78, 5) is 4.22. The van der Waals surface area contributed by atoms with Crippen LogP contribution >= 0.6 is 0 Å². The van der Waals surface area contributed by atoms with Crippen LogP contribution in [0.2, 0.25) is 0 Å². The van der Waals surface area contributed by atoms with Crippen molar-refractivity contribution in [3.8, 4) is 11.5 Å². The van der Waals surface area contributed by atoms with Crippen LogP contribution in [0.25, 0.3) is 0 Å². The minimum Gasteiger partial charge on any atom is -0.508 e. The Morgan fingerprint density at radius 1 is 1.37 bits per heavy atom. The van der Waals surface area contributed by atoms with Gasteiger partial charge in [0, 0.05) is 38.3 Å². The van der Waals surface area contributed by atoms with E-state index in [1.807, 2.05) is 6.92 Å². The lowest BCUT2D eigenvalue weighted by Crippen LogP contribution is -2.49. The first kappa shape index (κ1) is 21.3. The van der Waals surface area contributed by atoms with Gasteiger partial charge in [0.25, 0.3) is 0 Å². The van der Waals surface area contributed by atoms with Crippen molar-refractivity contribution in [1.29, 1.82) is 0 Å². The van der Waals surface area contributed by atoms with Crippen molar-refractivity contribution in [2.45, 2.75) is 38.8 Å². The number of guanidine groups is 1. The molecule has 3 N–H and O–H groups in total. The highest BCUT2D eigenvalue weighted by Gasteiger charge is 2.27. The Morgan fingerprint density at radius 2 is 2.07 bits per heavy atom. The Labute approximate surface area is 161 Å². The molecule has 0 spiro atoms. The van der Waals surface area contributed by atoms with E-state index in [1.54, 1.807) is 36.7 Å². The largest absolute Gasteiger partial charge is 0.508 e. The summed E-state index contributed by atoms with van der Waals surface area (Å²) in [6, 6.07) is 5.22. The molecule has 9 heteroatoms. The molecule has 1 aliphatic heterocycles. The summed E-state index contributed by atoms with van der Waals surface area (Å²) in [5.41, 5.74) is 0.706. The molecule has 1 saturated heterocycles. The van der Waals surface area contributed by atoms with Gasteiger partial charge < -0.3 is 20.5 Å². The van der Waals surface area contributed by atoms with E-state index < -0.39 is 10.0 Å². The monoisotopic (exact) mass is 398 g/mol. The molecule has 152 valence electrons. The maximum Gasteiger partial charge on any atom is 0.214 e. The molecule has 1 aliphatic rings. The van der Waals surface area contributed by atoms with Gasteiger partial charge in [-0.05, 0) is 37.5 Å². The van der Waals surface area contributed by atoms with Gasteiger partial charge in [0.2, 0.25) is 10.0 Å². The van der Waals surface area contributed by atoms with Gasteiger partial charge in [-0.3, -0.25) is 4.99 Å². The summed E-state index contributed by atoms with van der Waals surface area (Å²) in [6.07, 6.45) is 2.09. The number of rotatable bonds is 7. The van der Waals surface area contributed by atoms with E-state index in [-0.39, 0.29) is 17.5 Å². The molecular formula is C18H30N4O4S. The van der Waals surface area contributed by atoms with Crippen molar-refractivity contribution in [3.05, 3.63) is 23.8 Å². The number of piperidine rings is 1. The van der Waals surface area contributed by atoms with Crippen LogP contribution in [0.5, 0.6) is 11.5 Å². The highest BCUT2D eigenvalue weighted by Crippen LogP contribution is 2.22. The number of hydrogen-bond donors (Lipinski definition) is 3. The zero-order valence-electron chi connectivity index (χ0n) is 16.2. The Kier molecular flexibility index (Phi) is 7.73. The fraction of sp³-hybridized carbons (Fsp3) is 0.611. The number of aliphatic imine (C=N–C) groups is 1. The van der Waals surface area contributed by atoms with E-state index in [9.17, 15) is 13.5 Å². The minimum absolute atomic E-state index is 0.156. The summed E-state index contributed by atoms with van der Waals surface area (Å²) in [5, 5.41) is 16.5. The van der Waals surface area contributed by atoms with Crippen LogP contribution < -0.4 is 15.4 Å². The summed E-state index contributed by atoms with van der Waals surface area (Å²) in [5.74, 6) is 1.69. The topological polar surface area (TPSA) is 103 Å². The second-order valence-electron chi connectivity index (χ2n) is 6.55. The van der Waals surface area contributed by atoms with Gasteiger partial charge in [0.1, 0.15) is 11.5 Å². The SMILES string of the molecule is CCCS(=O)(=O)N1CCC(NC(=NC)NCc2cc(OC)ccc2O)CC1. The van der Waals surface area contributed by atoms with Gasteiger partial charge in [-0.15, -0.1) is 0 Å². The van der Waals surface area contributed by atoms with Gasteiger partial charge in [0.15, 0.2) is 5.96 Å². The fourth-order valence-electron chi connectivity index (χ4n) is 3.06. The average Bonchev–Trinajstić information content (AvgIpc) is 2.66. The number of phenolic OH excluding ortho intramolecular Hbond substituents is 1. The average molecular weight is 399 g/mol. The third kappa shape index (κ3) is 6.00. The van der Waals surface area contributed by atoms with E-state index in [1.165, 1.54) is 0 Å². The van der Waals surface area contributed by atoms with E-state index >= 15 is 0 Å². The molecule has 8 nitrogen and oxygen atoms in total. The van der Waals surface area contributed by atoms with Crippen LogP contribution in [0.1, 0.15) is 31.7 Å². The molecule has 0 atom stereocenters. The molecule has 0 aromatic heterocycles. The van der Waals surface area contributed by atoms with Crippen LogP contribution in [-0.2, 0) is 16.6 Å². The van der Waals surface area contributed by atoms with E-state index in [4.69, 9.17) is 4.74 Å². The van der Waals surface area contributed by atoms with E-state index in [0.29, 0.717) is 43.3 Å². The third-order valence-electron chi connectivity index (χ3n) is 4.61. The number of phenols is 1. The maximum atomic E-state index is 12.1. The molecule has 27 heavy (non-hydrogen) atoms. The number of nitrogens with zero attached hydrogens (tertiary/aromatic N) is 2. The predicted octanol–water partition coefficient (Wildman–Crippen LogP) is 1.27. The van der Waals surface area contributed by atoms with Crippen LogP contribution in [-0.4, -0.2) is 62.8 Å². The van der Waals surface area contributed by atoms with Crippen molar-refractivity contribution in [1.82, 2.24) is 14.9 Å². The van der Waals surface area contributed by atoms with Crippen LogP contribution in [0.15, 0.2) is 23.2 Å². The normalized spacial score (nSPS) is 16.9. The summed E-state index contributed by atoms with van der Waals surface area (Å²) in [7, 11) is 0.134. The molecule has 2 rings (SSSR count). The standard InChI is InChI=1S/C18H30N4O4S/c1-4-11-27(24,25)22-9-7-15(8-10-22)21-18(19-2)20-13-14-12-16(26-3)5-6-17(14)23/h5-6,12,15,23H,4,7-11,13H2,1-3H3,(H2,19,20,21). The Hall–Kier alpha value is -2.00. The number of hydrogen-bond acceptors (Lipinski definition) is 5. The smallest absolute Gasteiger partial charge is 0.214 e. The highest BCUT2D eigenvalue weighted by atomic mass is 32.2. The number of nitrogens with one attached hydrogen (secondary N) is 2. The quantitative estimate of drug-likeness (QED) is 0.472. The molecular weight excluding hydrogens is 368 g/mol. The van der Waals surface area contributed by atoms with Gasteiger partial charge in [-0.25, -0.2) is 12.7 Å². The Morgan fingerprint density at radius 3 is 2.67 bits per heavy atom. The lowest BCUT2D eigenvalue weighted by Gasteiger charge is -2.32. The van der Waals surface area contributed by atoms with Crippen molar-refractivity contribution >= 4 is 16.0 Å². The molecule has 1 heterocycles. The van der Waals surface area contributed by atoms with Crippen molar-refractivity contribution in [2.24, 2.45) is 4.99 Å². The highest BCUT2D eigenvalue weighted by molar-refractivity contribution is 7.89. The van der Waals surface area contributed by atoms with Gasteiger partial charge in [-0.2, -0.15) is 0 Å². The second kappa shape index (κ2) is 9.80. The summed E-state index contributed by atoms with van der Waals surface area (Å²) >= 11 is 0. The minimum atomic E-state index is -3.13. The van der Waals surface area contributed by atoms with Gasteiger partial charge >= 0.3 is 0 Å². The number of sulfonamides is 1. The second-order valence-corrected chi connectivity index (χ2v) is 8.64. The zero-order valence-corrected chi connectivity index (χ0v) is 17.1. The van der Waals surface area contributed by atoms with Crippen LogP contribution in [0, 0.1) is 0 Å². The van der Waals surface area contributed by atoms with Gasteiger partial charge in [-0.1, -0.05) is 6.92 Å². The number of benzene rings is 1. The fourth-order valence-corrected chi connectivity index (χ4v) is 4.60. The molecule has 0 radical (unpaired) electrons. The molecule has 1 fully saturated rings. The third-order valence-corrected chi connectivity index (χ3v) is 6.68. The predicted molar refractivity (Wildman–Crippen MR) is 107 cm³/mol. The molecule has 0 saturated carbocycles. The van der Waals surface area contributed by atoms with E-state index in [0.717, 1.165) is 12.8 Å². The number of methoxy groups -OCH3 is 1. The summed E-state index contributed by atoms with van der Waals surface area (Å²) < 4.78 is 31.1. The first-order valence-electron chi connectivity index (χ1n) is 9.20. The first-order chi connectivity index (χ1) is 12.9. The molecule has 0 amide bonds. The van der Waals surface area contributed by atoms with Crippen LogP contribution in [0.3, 0.4) is 0 Å². The van der Waals surface area contributed by atoms with Crippen molar-refractivity contribution < 1.29 is 18.3 Å². The zero-order chi connectivity index (χ0) is 19.9. The van der Waals surface area contributed by atoms with Gasteiger partial charge in [0.05, 0.1) is 12.9 Å². The molecule has 0 unspecified atom stereocenters. The molecule has 0 aliphatic carbocycles. The van der Waals surface area contributed by atoms with Crippen molar-refractivity contribution in [3.63, 3.8) is 0 Å². The lowest BCUT2D eigenvalue weighted by atomic mass is 10.1. The molecule has 0 bridgehead atoms. The Bertz CT molecular complexity index is 744. The first-order valence-corrected chi connectivity index (χ1v) is 10.8. The van der Waals surface area contributed by atoms with E-state index in [2.05, 4.69) is 15.6 Å². The van der Waals surface area contributed by atoms with Crippen LogP contribution in [0.4, 0.5) is 0 Å². The molecule has 1 aromatic rings. The molecule has 1 aromatic carbocycles. The maximum absolute atomic E-state index is 12.1. The van der Waals surface area contributed by atoms with Crippen molar-refractivity contribution in [2.75, 3.05) is 33.0 Å². The Balaban J connectivity index is 1.86.